The van der Waals surface area contributed by atoms with Crippen LogP contribution in [0.3, 0.4) is 0 Å². The molecule has 2 rings (SSSR count). The molecule has 1 aromatic carbocycles. The van der Waals surface area contributed by atoms with Gasteiger partial charge in [-0.25, -0.2) is 0 Å². The number of hydrogen-bond donors (Lipinski definition) is 1. The Morgan fingerprint density at radius 1 is 1.30 bits per heavy atom. The van der Waals surface area contributed by atoms with Crippen LogP contribution in [0.25, 0.3) is 11.4 Å². The van der Waals surface area contributed by atoms with E-state index in [0.717, 1.165) is 10.5 Å². The highest BCUT2D eigenvalue weighted by Gasteiger charge is 2.16. The summed E-state index contributed by atoms with van der Waals surface area (Å²) in [4.78, 5) is 18.5. The molecule has 0 bridgehead atoms. The van der Waals surface area contributed by atoms with E-state index in [9.17, 15) is 4.79 Å². The molecule has 2 aromatic rings. The zero-order valence-corrected chi connectivity index (χ0v) is 12.0. The number of aromatic nitrogens is 2. The fourth-order valence-electron chi connectivity index (χ4n) is 1.77. The first-order valence-corrected chi connectivity index (χ1v) is 6.45. The maximum Gasteiger partial charge on any atom is 0.282 e. The molecule has 1 unspecified atom stereocenters. The SMILES string of the molecule is CN(C)C(=O)C[NH+](C)Cc1nc(-c2ccccc2)no1. The average Bonchev–Trinajstić information content (AvgIpc) is 2.88. The van der Waals surface area contributed by atoms with Gasteiger partial charge < -0.3 is 14.3 Å². The molecule has 0 saturated heterocycles. The number of hydrogen-bond acceptors (Lipinski definition) is 4. The molecule has 1 heterocycles. The zero-order valence-electron chi connectivity index (χ0n) is 12.0. The Hall–Kier alpha value is -2.21. The number of carbonyl (C=O) groups excluding carboxylic acids is 1. The minimum Gasteiger partial charge on any atom is -0.344 e. The predicted molar refractivity (Wildman–Crippen MR) is 73.9 cm³/mol. The quantitative estimate of drug-likeness (QED) is 0.823. The van der Waals surface area contributed by atoms with E-state index in [2.05, 4.69) is 10.1 Å². The van der Waals surface area contributed by atoms with Crippen LogP contribution < -0.4 is 4.90 Å². The van der Waals surface area contributed by atoms with Gasteiger partial charge >= 0.3 is 0 Å². The molecule has 6 heteroatoms. The number of quaternary nitrogens is 1. The van der Waals surface area contributed by atoms with Crippen molar-refractivity contribution in [3.8, 4) is 11.4 Å². The first kappa shape index (κ1) is 14.2. The molecule has 1 aromatic heterocycles. The Kier molecular flexibility index (Phi) is 4.47. The lowest BCUT2D eigenvalue weighted by Gasteiger charge is -2.14. The van der Waals surface area contributed by atoms with E-state index < -0.39 is 0 Å². The highest BCUT2D eigenvalue weighted by Crippen LogP contribution is 2.14. The lowest BCUT2D eigenvalue weighted by atomic mass is 10.2. The summed E-state index contributed by atoms with van der Waals surface area (Å²) in [5.74, 6) is 1.19. The molecule has 0 radical (unpaired) electrons. The van der Waals surface area contributed by atoms with E-state index in [1.807, 2.05) is 37.4 Å². The third-order valence-corrected chi connectivity index (χ3v) is 2.90. The Balaban J connectivity index is 1.98. The minimum atomic E-state index is 0.0744. The van der Waals surface area contributed by atoms with E-state index in [1.54, 1.807) is 19.0 Å². The van der Waals surface area contributed by atoms with Gasteiger partial charge in [-0.15, -0.1) is 0 Å². The fourth-order valence-corrected chi connectivity index (χ4v) is 1.77. The first-order chi connectivity index (χ1) is 9.56. The molecule has 0 fully saturated rings. The van der Waals surface area contributed by atoms with Crippen LogP contribution in [0, 0.1) is 0 Å². The van der Waals surface area contributed by atoms with Gasteiger partial charge in [0.2, 0.25) is 5.82 Å². The molecule has 0 aliphatic carbocycles. The molecule has 1 atom stereocenters. The fraction of sp³-hybridized carbons (Fsp3) is 0.357. The summed E-state index contributed by atoms with van der Waals surface area (Å²) < 4.78 is 5.22. The van der Waals surface area contributed by atoms with Gasteiger partial charge in [-0.05, 0) is 0 Å². The lowest BCUT2D eigenvalue weighted by Crippen LogP contribution is -3.08. The number of carbonyl (C=O) groups is 1. The van der Waals surface area contributed by atoms with Gasteiger partial charge in [0.15, 0.2) is 13.1 Å². The summed E-state index contributed by atoms with van der Waals surface area (Å²) in [6.07, 6.45) is 0. The van der Waals surface area contributed by atoms with Crippen LogP contribution >= 0.6 is 0 Å². The molecule has 0 aliphatic rings. The highest BCUT2D eigenvalue weighted by atomic mass is 16.5. The predicted octanol–water partition coefficient (Wildman–Crippen LogP) is -0.160. The number of nitrogens with zero attached hydrogens (tertiary/aromatic N) is 3. The minimum absolute atomic E-state index is 0.0744. The van der Waals surface area contributed by atoms with Gasteiger partial charge in [0.1, 0.15) is 0 Å². The summed E-state index contributed by atoms with van der Waals surface area (Å²) in [5.41, 5.74) is 0.921. The van der Waals surface area contributed by atoms with Gasteiger partial charge in [0, 0.05) is 19.7 Å². The number of amides is 1. The number of likely N-dealkylation sites (N-methyl/N-ethyl adjacent to an activating group) is 2. The Bertz CT molecular complexity index is 566. The number of rotatable bonds is 5. The van der Waals surface area contributed by atoms with E-state index >= 15 is 0 Å². The summed E-state index contributed by atoms with van der Waals surface area (Å²) in [7, 11) is 5.42. The molecule has 20 heavy (non-hydrogen) atoms. The third-order valence-electron chi connectivity index (χ3n) is 2.90. The van der Waals surface area contributed by atoms with Crippen molar-refractivity contribution in [2.24, 2.45) is 0 Å². The van der Waals surface area contributed by atoms with Gasteiger partial charge in [0.05, 0.1) is 7.05 Å². The standard InChI is InChI=1S/C14H18N4O2/c1-17(2)13(19)10-18(3)9-12-15-14(16-20-12)11-7-5-4-6-8-11/h4-8H,9-10H2,1-3H3/p+1. The lowest BCUT2D eigenvalue weighted by molar-refractivity contribution is -0.887. The van der Waals surface area contributed by atoms with Crippen molar-refractivity contribution >= 4 is 5.91 Å². The van der Waals surface area contributed by atoms with Crippen LogP contribution in [0.15, 0.2) is 34.9 Å². The van der Waals surface area contributed by atoms with Crippen molar-refractivity contribution in [1.29, 1.82) is 0 Å². The van der Waals surface area contributed by atoms with Gasteiger partial charge in [-0.2, -0.15) is 4.98 Å². The molecule has 1 N–H and O–H groups in total. The summed E-state index contributed by atoms with van der Waals surface area (Å²) in [6, 6.07) is 9.66. The van der Waals surface area contributed by atoms with Crippen LogP contribution in [-0.2, 0) is 11.3 Å². The largest absolute Gasteiger partial charge is 0.344 e. The second-order valence-corrected chi connectivity index (χ2v) is 4.98. The molecule has 0 spiro atoms. The van der Waals surface area contributed by atoms with Crippen molar-refractivity contribution in [3.05, 3.63) is 36.2 Å². The number of nitrogens with one attached hydrogen (secondary N) is 1. The molecule has 6 nitrogen and oxygen atoms in total. The molecule has 106 valence electrons. The van der Waals surface area contributed by atoms with Gasteiger partial charge in [-0.3, -0.25) is 4.79 Å². The second kappa shape index (κ2) is 6.29. The van der Waals surface area contributed by atoms with Crippen molar-refractivity contribution in [2.45, 2.75) is 6.54 Å². The van der Waals surface area contributed by atoms with E-state index in [0.29, 0.717) is 24.8 Å². The van der Waals surface area contributed by atoms with Crippen molar-refractivity contribution in [1.82, 2.24) is 15.0 Å². The van der Waals surface area contributed by atoms with Crippen LogP contribution in [0.1, 0.15) is 5.89 Å². The maximum absolute atomic E-state index is 11.6. The smallest absolute Gasteiger partial charge is 0.282 e. The van der Waals surface area contributed by atoms with Crippen molar-refractivity contribution < 1.29 is 14.2 Å². The maximum atomic E-state index is 11.6. The first-order valence-electron chi connectivity index (χ1n) is 6.45. The van der Waals surface area contributed by atoms with E-state index in [1.165, 1.54) is 0 Å². The Morgan fingerprint density at radius 2 is 2.00 bits per heavy atom. The average molecular weight is 275 g/mol. The van der Waals surface area contributed by atoms with Gasteiger partial charge in [-0.1, -0.05) is 35.5 Å². The van der Waals surface area contributed by atoms with E-state index in [-0.39, 0.29) is 5.91 Å². The van der Waals surface area contributed by atoms with Crippen molar-refractivity contribution in [3.63, 3.8) is 0 Å². The third kappa shape index (κ3) is 3.64. The molecule has 0 aliphatic heterocycles. The summed E-state index contributed by atoms with van der Waals surface area (Å²) >= 11 is 0. The van der Waals surface area contributed by atoms with Crippen LogP contribution in [0.5, 0.6) is 0 Å². The molecular formula is C14H19N4O2+. The van der Waals surface area contributed by atoms with Gasteiger partial charge in [0.25, 0.3) is 11.8 Å². The summed E-state index contributed by atoms with van der Waals surface area (Å²) in [5, 5.41) is 3.96. The summed E-state index contributed by atoms with van der Waals surface area (Å²) in [6.45, 7) is 0.926. The van der Waals surface area contributed by atoms with Crippen LogP contribution in [-0.4, -0.2) is 48.6 Å². The second-order valence-electron chi connectivity index (χ2n) is 4.98. The monoisotopic (exact) mass is 275 g/mol. The zero-order chi connectivity index (χ0) is 14.5. The Labute approximate surface area is 118 Å². The topological polar surface area (TPSA) is 63.7 Å². The van der Waals surface area contributed by atoms with Crippen molar-refractivity contribution in [2.75, 3.05) is 27.7 Å². The molecular weight excluding hydrogens is 256 g/mol. The Morgan fingerprint density at radius 3 is 2.65 bits per heavy atom. The molecule has 0 saturated carbocycles. The van der Waals surface area contributed by atoms with E-state index in [4.69, 9.17) is 4.52 Å². The van der Waals surface area contributed by atoms with Crippen LogP contribution in [0.4, 0.5) is 0 Å². The normalized spacial score (nSPS) is 12.2. The number of benzene rings is 1. The van der Waals surface area contributed by atoms with Crippen LogP contribution in [0.2, 0.25) is 0 Å². The molecule has 1 amide bonds. The highest BCUT2D eigenvalue weighted by molar-refractivity contribution is 5.76.